The van der Waals surface area contributed by atoms with Gasteiger partial charge in [0.2, 0.25) is 0 Å². The van der Waals surface area contributed by atoms with Crippen molar-refractivity contribution in [1.82, 2.24) is 19.9 Å². The lowest BCUT2D eigenvalue weighted by Gasteiger charge is -2.19. The lowest BCUT2D eigenvalue weighted by Crippen LogP contribution is -2.11. The van der Waals surface area contributed by atoms with Gasteiger partial charge in [0.25, 0.3) is 0 Å². The first kappa shape index (κ1) is 36.8. The molecule has 2 aliphatic carbocycles. The van der Waals surface area contributed by atoms with Crippen LogP contribution in [0.2, 0.25) is 0 Å². The van der Waals surface area contributed by atoms with E-state index in [0.29, 0.717) is 25.3 Å². The zero-order chi connectivity index (χ0) is 36.5. The maximum atomic E-state index is 6.78. The van der Waals surface area contributed by atoms with Crippen LogP contribution < -0.4 is 11.5 Å². The van der Waals surface area contributed by atoms with Crippen LogP contribution in [0.5, 0.6) is 0 Å². The van der Waals surface area contributed by atoms with Gasteiger partial charge in [-0.2, -0.15) is 0 Å². The number of aromatic amines is 2. The van der Waals surface area contributed by atoms with Gasteiger partial charge in [0.15, 0.2) is 0 Å². The number of H-pyrrole nitrogens is 2. The summed E-state index contributed by atoms with van der Waals surface area (Å²) in [5.41, 5.74) is 30.0. The van der Waals surface area contributed by atoms with Gasteiger partial charge >= 0.3 is 0 Å². The fourth-order valence-electron chi connectivity index (χ4n) is 9.14. The summed E-state index contributed by atoms with van der Waals surface area (Å²) in [6.45, 7) is 14.6. The molecule has 278 valence electrons. The van der Waals surface area contributed by atoms with E-state index in [0.717, 1.165) is 96.2 Å². The Labute approximate surface area is 309 Å². The Morgan fingerprint density at radius 2 is 1.00 bits per heavy atom. The first-order chi connectivity index (χ1) is 25.2. The number of hydrogen-bond acceptors (Lipinski definition) is 6. The molecule has 0 aromatic carbocycles. The predicted octanol–water partition coefficient (Wildman–Crippen LogP) is 10.3. The van der Waals surface area contributed by atoms with Crippen LogP contribution in [0.15, 0.2) is 24.3 Å². The molecule has 0 spiro atoms. The number of hydrogen-bond donors (Lipinski definition) is 4. The Bertz CT molecular complexity index is 2020. The zero-order valence-corrected chi connectivity index (χ0v) is 32.4. The van der Waals surface area contributed by atoms with Crippen molar-refractivity contribution in [2.45, 2.75) is 143 Å². The van der Waals surface area contributed by atoms with E-state index in [9.17, 15) is 0 Å². The van der Waals surface area contributed by atoms with E-state index >= 15 is 0 Å². The summed E-state index contributed by atoms with van der Waals surface area (Å²) in [5, 5.41) is 0. The van der Waals surface area contributed by atoms with Crippen LogP contribution in [0.25, 0.3) is 44.4 Å². The first-order valence-electron chi connectivity index (χ1n) is 20.0. The zero-order valence-electron chi connectivity index (χ0n) is 32.4. The smallest absolute Gasteiger partial charge is 0.0824 e. The van der Waals surface area contributed by atoms with E-state index in [4.69, 9.17) is 30.9 Å². The number of rotatable bonds is 12. The molecule has 5 heterocycles. The molecule has 8 heteroatoms. The highest BCUT2D eigenvalue weighted by molar-refractivity contribution is 5.95. The molecule has 52 heavy (non-hydrogen) atoms. The molecule has 8 bridgehead atoms. The Balaban J connectivity index is 1.52. The van der Waals surface area contributed by atoms with Gasteiger partial charge in [-0.3, -0.25) is 0 Å². The van der Waals surface area contributed by atoms with Crippen LogP contribution in [0.4, 0.5) is 0 Å². The van der Waals surface area contributed by atoms with E-state index in [1.165, 1.54) is 70.2 Å². The molecule has 3 aromatic rings. The van der Waals surface area contributed by atoms with Crippen molar-refractivity contribution in [3.05, 3.63) is 69.3 Å². The summed E-state index contributed by atoms with van der Waals surface area (Å²) in [6, 6.07) is 8.98. The monoisotopic (exact) mass is 704 g/mol. The van der Waals surface area contributed by atoms with Gasteiger partial charge in [-0.25, -0.2) is 9.97 Å². The summed E-state index contributed by atoms with van der Waals surface area (Å²) in [7, 11) is 0. The molecule has 6 N–H and O–H groups in total. The Morgan fingerprint density at radius 3 is 1.44 bits per heavy atom. The summed E-state index contributed by atoms with van der Waals surface area (Å²) in [5.74, 6) is 0. The van der Waals surface area contributed by atoms with E-state index < -0.39 is 0 Å². The minimum atomic E-state index is -0.0640. The van der Waals surface area contributed by atoms with Crippen LogP contribution in [0, 0.1) is 13.8 Å². The number of nitrogens with one attached hydrogen (secondary N) is 2. The van der Waals surface area contributed by atoms with E-state index in [1.807, 2.05) is 0 Å². The van der Waals surface area contributed by atoms with Crippen molar-refractivity contribution >= 4 is 44.4 Å². The summed E-state index contributed by atoms with van der Waals surface area (Å²) in [4.78, 5) is 18.4. The van der Waals surface area contributed by atoms with Crippen molar-refractivity contribution in [3.8, 4) is 0 Å². The molecule has 0 amide bonds. The second kappa shape index (κ2) is 15.8. The van der Waals surface area contributed by atoms with Gasteiger partial charge in [-0.15, -0.1) is 0 Å². The second-order valence-corrected chi connectivity index (χ2v) is 15.7. The Hall–Kier alpha value is -3.56. The maximum Gasteiger partial charge on any atom is 0.0824 e. The topological polar surface area (TPSA) is 128 Å². The number of fused-ring (bicyclic) bond motifs is 8. The van der Waals surface area contributed by atoms with Crippen molar-refractivity contribution < 1.29 is 9.47 Å². The molecule has 0 saturated heterocycles. The van der Waals surface area contributed by atoms with Gasteiger partial charge in [-0.1, -0.05) is 25.7 Å². The Kier molecular flexibility index (Phi) is 11.2. The summed E-state index contributed by atoms with van der Waals surface area (Å²) in [6.07, 6.45) is 13.5. The normalized spacial score (nSPS) is 18.3. The highest BCUT2D eigenvalue weighted by Crippen LogP contribution is 2.40. The van der Waals surface area contributed by atoms with E-state index in [-0.39, 0.29) is 12.2 Å². The maximum absolute atomic E-state index is 6.78. The molecule has 2 atom stereocenters. The third-order valence-corrected chi connectivity index (χ3v) is 12.1. The molecule has 2 unspecified atom stereocenters. The molecule has 2 aliphatic heterocycles. The molecule has 3 aromatic heterocycles. The van der Waals surface area contributed by atoms with E-state index in [1.54, 1.807) is 0 Å². The molecule has 4 aliphatic rings. The van der Waals surface area contributed by atoms with Gasteiger partial charge in [-0.05, 0) is 164 Å². The minimum absolute atomic E-state index is 0.0563. The SMILES string of the molecule is CC1=C(CCCN)c2cc3nc(cc4[nH]c(cc5[nH]c(cc1n2)c(C)c5C(C)OC1CCCC1)c(C)c4C(C)OC1CCCC1)C(C)=C3CCCN. The largest absolute Gasteiger partial charge is 0.371 e. The van der Waals surface area contributed by atoms with Crippen LogP contribution >= 0.6 is 0 Å². The molecular formula is C44H60N6O2. The van der Waals surface area contributed by atoms with Crippen LogP contribution in [0.3, 0.4) is 0 Å². The molecule has 0 radical (unpaired) electrons. The minimum Gasteiger partial charge on any atom is -0.371 e. The number of nitrogens with zero attached hydrogens (tertiary/aromatic N) is 2. The lowest BCUT2D eigenvalue weighted by molar-refractivity contribution is 0.00133. The van der Waals surface area contributed by atoms with Crippen LogP contribution in [-0.2, 0) is 9.47 Å². The lowest BCUT2D eigenvalue weighted by atomic mass is 9.98. The quantitative estimate of drug-likeness (QED) is 0.149. The highest BCUT2D eigenvalue weighted by Gasteiger charge is 2.26. The molecule has 7 rings (SSSR count). The number of ether oxygens (including phenoxy) is 2. The summed E-state index contributed by atoms with van der Waals surface area (Å²) >= 11 is 0. The molecular weight excluding hydrogens is 645 g/mol. The second-order valence-electron chi connectivity index (χ2n) is 15.7. The fraction of sp³-hybridized carbons (Fsp3) is 0.545. The molecule has 8 nitrogen and oxygen atoms in total. The average molecular weight is 705 g/mol. The van der Waals surface area contributed by atoms with Gasteiger partial charge in [0.1, 0.15) is 0 Å². The van der Waals surface area contributed by atoms with Crippen molar-refractivity contribution in [2.75, 3.05) is 13.1 Å². The number of allylic oxidation sites excluding steroid dienone is 4. The highest BCUT2D eigenvalue weighted by atomic mass is 16.5. The van der Waals surface area contributed by atoms with Gasteiger partial charge in [0.05, 0.1) is 47.2 Å². The number of nitrogens with two attached hydrogens (primary N) is 2. The predicted molar refractivity (Wildman–Crippen MR) is 216 cm³/mol. The van der Waals surface area contributed by atoms with Crippen LogP contribution in [0.1, 0.15) is 162 Å². The summed E-state index contributed by atoms with van der Waals surface area (Å²) < 4.78 is 13.6. The Morgan fingerprint density at radius 1 is 0.596 bits per heavy atom. The average Bonchev–Trinajstić information content (AvgIpc) is 3.97. The van der Waals surface area contributed by atoms with E-state index in [2.05, 4.69) is 75.8 Å². The third kappa shape index (κ3) is 7.32. The fourth-order valence-corrected chi connectivity index (χ4v) is 9.14. The first-order valence-corrected chi connectivity index (χ1v) is 20.0. The number of aromatic nitrogens is 4. The molecule has 2 fully saturated rings. The van der Waals surface area contributed by atoms with Gasteiger partial charge < -0.3 is 30.9 Å². The number of aryl methyl sites for hydroxylation is 2. The van der Waals surface area contributed by atoms with Crippen molar-refractivity contribution in [3.63, 3.8) is 0 Å². The van der Waals surface area contributed by atoms with Crippen molar-refractivity contribution in [2.24, 2.45) is 11.5 Å². The van der Waals surface area contributed by atoms with Crippen LogP contribution in [-0.4, -0.2) is 45.2 Å². The molecule has 2 saturated carbocycles. The standard InChI is InChI=1S/C44H60N6O2/c1-25-33(17-11-19-45)39-24-40-34(18-12-20-46)26(2)36(48-40)22-41-44(30(6)52-32-15-9-10-16-32)28(4)38(50-41)23-42-43(29(5)51-31-13-7-8-14-31)27(3)37(49-42)21-35(25)47-39/h21-24,29-32,49-50H,7-20,45-46H2,1-6H3. The van der Waals surface area contributed by atoms with Crippen molar-refractivity contribution in [1.29, 1.82) is 0 Å². The van der Waals surface area contributed by atoms with Gasteiger partial charge in [0, 0.05) is 33.2 Å². The third-order valence-electron chi connectivity index (χ3n) is 12.1.